The highest BCUT2D eigenvalue weighted by atomic mass is 16.8. The van der Waals surface area contributed by atoms with Crippen LogP contribution in [0.25, 0.3) is 6.08 Å². The molecule has 0 amide bonds. The van der Waals surface area contributed by atoms with Crippen LogP contribution in [0.15, 0.2) is 36.4 Å². The van der Waals surface area contributed by atoms with Crippen molar-refractivity contribution in [2.45, 2.75) is 278 Å². The molecule has 1 aromatic rings. The van der Waals surface area contributed by atoms with Gasteiger partial charge in [-0.15, -0.1) is 0 Å². The summed E-state index contributed by atoms with van der Waals surface area (Å²) < 4.78 is 87.6. The Hall–Kier alpha value is -2.70. The summed E-state index contributed by atoms with van der Waals surface area (Å²) >= 11 is 0. The van der Waals surface area contributed by atoms with Crippen LogP contribution in [0.5, 0.6) is 0 Å². The van der Waals surface area contributed by atoms with E-state index < -0.39 is 182 Å². The molecule has 4 saturated carbocycles. The normalized spacial score (nSPS) is 49.8. The van der Waals surface area contributed by atoms with E-state index in [2.05, 4.69) is 6.92 Å². The summed E-state index contributed by atoms with van der Waals surface area (Å²) in [6, 6.07) is 9.44. The summed E-state index contributed by atoms with van der Waals surface area (Å²) in [5, 5.41) is 78.6. The molecule has 5 heterocycles. The molecular weight excluding hydrogens is 1120 g/mol. The lowest BCUT2D eigenvalue weighted by molar-refractivity contribution is -0.358. The van der Waals surface area contributed by atoms with Gasteiger partial charge in [-0.05, 0) is 115 Å². The van der Waals surface area contributed by atoms with E-state index in [0.29, 0.717) is 51.4 Å². The average Bonchev–Trinajstić information content (AvgIpc) is 1.38. The number of rotatable bonds is 18. The van der Waals surface area contributed by atoms with Gasteiger partial charge in [-0.25, -0.2) is 4.79 Å². The van der Waals surface area contributed by atoms with E-state index in [1.807, 2.05) is 58.0 Å². The summed E-state index contributed by atoms with van der Waals surface area (Å²) in [5.41, 5.74) is -3.96. The van der Waals surface area contributed by atoms with Gasteiger partial charge in [0.1, 0.15) is 66.3 Å². The second-order valence-corrected chi connectivity index (χ2v) is 26.5. The van der Waals surface area contributed by atoms with Crippen LogP contribution in [0.4, 0.5) is 0 Å². The first kappa shape index (κ1) is 66.2. The molecule has 23 nitrogen and oxygen atoms in total. The van der Waals surface area contributed by atoms with Gasteiger partial charge in [0.25, 0.3) is 0 Å². The Morgan fingerprint density at radius 1 is 0.616 bits per heavy atom. The number of carbonyl (C=O) groups is 2. The largest absolute Gasteiger partial charge is 0.458 e. The molecule has 9 aliphatic rings. The van der Waals surface area contributed by atoms with Crippen molar-refractivity contribution in [3.05, 3.63) is 42.0 Å². The van der Waals surface area contributed by atoms with E-state index in [-0.39, 0.29) is 43.5 Å². The maximum absolute atomic E-state index is 13.6. The SMILES string of the molecule is CO[C@H]1C[C@H](O[C@H]2CC[C@@]3(C)[C@@H](CC[C@]4(O)[C@@H]3C[C@@H](OC(=O)C=Cc3ccccc3)[C@]3(C)[C@H](C(C)=O)CC[C@@]34O)C2)O[C@H](C)[C@H]1O[C@H]1C[C@H](O)[C@H](O[C@H]2C[C@H](OC)[C@H](O[C@H]3C[C@H](OC)[C@H](O[C@@H]4O[C@H](CO)[C@@H](O)[C@H](O)[C@H]4O)[C@@H](C)O3)[C@@H](C)O2)[C@@H](C)O1. The number of carbonyl (C=O) groups excluding carboxylic acids is 2. The smallest absolute Gasteiger partial charge is 0.331 e. The van der Waals surface area contributed by atoms with Crippen molar-refractivity contribution in [3.8, 4) is 0 Å². The zero-order valence-electron chi connectivity index (χ0n) is 51.4. The number of Topliss-reactive ketones (excluding diaryl/α,β-unsaturated/α-hetero) is 1. The zero-order valence-corrected chi connectivity index (χ0v) is 51.4. The molecule has 5 saturated heterocycles. The maximum Gasteiger partial charge on any atom is 0.331 e. The fraction of sp³-hybridized carbons (Fsp3) is 0.841. The van der Waals surface area contributed by atoms with Crippen LogP contribution in [0.2, 0.25) is 0 Å². The minimum absolute atomic E-state index is 0.0883. The van der Waals surface area contributed by atoms with E-state index >= 15 is 0 Å². The Labute approximate surface area is 504 Å². The second-order valence-electron chi connectivity index (χ2n) is 26.5. The third-order valence-corrected chi connectivity index (χ3v) is 21.8. The first-order valence-electron chi connectivity index (χ1n) is 31.2. The van der Waals surface area contributed by atoms with Crippen LogP contribution in [-0.4, -0.2) is 228 Å². The van der Waals surface area contributed by atoms with Crippen LogP contribution in [0.1, 0.15) is 131 Å². The van der Waals surface area contributed by atoms with E-state index in [1.165, 1.54) is 20.1 Å². The number of aliphatic hydroxyl groups excluding tert-OH is 5. The highest BCUT2D eigenvalue weighted by Gasteiger charge is 2.78. The van der Waals surface area contributed by atoms with Crippen molar-refractivity contribution in [3.63, 3.8) is 0 Å². The van der Waals surface area contributed by atoms with Gasteiger partial charge in [0.15, 0.2) is 31.5 Å². The van der Waals surface area contributed by atoms with Gasteiger partial charge in [0.2, 0.25) is 0 Å². The predicted molar refractivity (Wildman–Crippen MR) is 302 cm³/mol. The van der Waals surface area contributed by atoms with E-state index in [0.717, 1.165) is 5.56 Å². The summed E-state index contributed by atoms with van der Waals surface area (Å²) in [6.07, 6.45) is -10.9. The Morgan fingerprint density at radius 2 is 1.15 bits per heavy atom. The Bertz CT molecular complexity index is 2440. The lowest BCUT2D eigenvalue weighted by atomic mass is 9.40. The summed E-state index contributed by atoms with van der Waals surface area (Å²) in [4.78, 5) is 26.9. The molecule has 23 heteroatoms. The quantitative estimate of drug-likeness (QED) is 0.0630. The monoisotopic (exact) mass is 1220 g/mol. The van der Waals surface area contributed by atoms with Crippen molar-refractivity contribution >= 4 is 17.8 Å². The number of ketones is 1. The van der Waals surface area contributed by atoms with Crippen molar-refractivity contribution in [2.75, 3.05) is 27.9 Å². The van der Waals surface area contributed by atoms with Gasteiger partial charge in [0.05, 0.1) is 67.1 Å². The third kappa shape index (κ3) is 12.6. The molecule has 9 fully saturated rings. The fourth-order valence-electron chi connectivity index (χ4n) is 17.0. The topological polar surface area (TPSA) is 305 Å². The molecule has 10 rings (SSSR count). The maximum atomic E-state index is 13.6. The first-order valence-corrected chi connectivity index (χ1v) is 31.2. The number of fused-ring (bicyclic) bond motifs is 5. The van der Waals surface area contributed by atoms with Gasteiger partial charge < -0.3 is 102 Å². The zero-order chi connectivity index (χ0) is 61.8. The molecule has 5 aliphatic heterocycles. The van der Waals surface area contributed by atoms with Gasteiger partial charge >= 0.3 is 5.97 Å². The van der Waals surface area contributed by atoms with Crippen molar-refractivity contribution in [2.24, 2.45) is 28.6 Å². The second kappa shape index (κ2) is 26.9. The number of ether oxygens (including phenoxy) is 14. The Balaban J connectivity index is 0.704. The van der Waals surface area contributed by atoms with Gasteiger partial charge in [-0.2, -0.15) is 0 Å². The summed E-state index contributed by atoms with van der Waals surface area (Å²) in [5.74, 6) is -1.53. The minimum atomic E-state index is -1.66. The van der Waals surface area contributed by atoms with Crippen LogP contribution in [0.3, 0.4) is 0 Å². The number of methoxy groups -OCH3 is 3. The Morgan fingerprint density at radius 3 is 1.70 bits per heavy atom. The van der Waals surface area contributed by atoms with Crippen LogP contribution in [0, 0.1) is 28.6 Å². The molecule has 0 radical (unpaired) electrons. The lowest BCUT2D eigenvalue weighted by Gasteiger charge is -2.68. The number of hydrogen-bond donors (Lipinski definition) is 7. The van der Waals surface area contributed by atoms with Gasteiger partial charge in [-0.3, -0.25) is 4.79 Å². The van der Waals surface area contributed by atoms with Crippen LogP contribution >= 0.6 is 0 Å². The number of aliphatic hydroxyl groups is 7. The molecule has 0 bridgehead atoms. The number of hydrogen-bond acceptors (Lipinski definition) is 23. The Kier molecular flexibility index (Phi) is 20.7. The molecule has 30 atom stereocenters. The molecule has 1 aromatic carbocycles. The molecule has 0 aromatic heterocycles. The van der Waals surface area contributed by atoms with E-state index in [4.69, 9.17) is 66.3 Å². The van der Waals surface area contributed by atoms with Crippen molar-refractivity contribution in [1.29, 1.82) is 0 Å². The van der Waals surface area contributed by atoms with Crippen molar-refractivity contribution < 1.29 is 112 Å². The molecular formula is C63H96O23. The average molecular weight is 1220 g/mol. The highest BCUT2D eigenvalue weighted by molar-refractivity contribution is 5.87. The first-order chi connectivity index (χ1) is 40.9. The lowest BCUT2D eigenvalue weighted by Crippen LogP contribution is -2.76. The standard InChI is InChI=1S/C63H96O23/c1-31(65)39-20-23-63(72)61(39,7)46(82-47(67)17-16-36-14-12-11-13-15-36)29-45-60(6)21-19-38(24-37(60)18-22-62(45,63)71)80-49-26-41(73-8)56(33(3)77-49)84-48-25-40(66)55(32(2)76-48)83-50-27-42(74-9)57(34(4)78-50)85-51-28-43(75-10)58(35(5)79-51)86-59-54(70)53(69)52(68)44(30-64)81-59/h11-17,32-35,37-46,48-59,64,66,68-72H,18-30H2,1-10H3/t32-,33-,34-,35-,37+,38+,39+,40+,41+,42+,43+,44-,45-,46-,48+,49+,50+,51+,52-,53+,54-,55-,56-,57-,58-,59+,60+,61+,62+,63-/m1/s1. The minimum Gasteiger partial charge on any atom is -0.458 e. The molecule has 0 unspecified atom stereocenters. The highest BCUT2D eigenvalue weighted by Crippen LogP contribution is 2.71. The number of benzene rings is 1. The van der Waals surface area contributed by atoms with E-state index in [9.17, 15) is 45.3 Å². The summed E-state index contributed by atoms with van der Waals surface area (Å²) in [7, 11) is 4.69. The molecule has 486 valence electrons. The van der Waals surface area contributed by atoms with Gasteiger partial charge in [-0.1, -0.05) is 44.2 Å². The van der Waals surface area contributed by atoms with Crippen LogP contribution in [-0.2, 0) is 75.9 Å². The van der Waals surface area contributed by atoms with Gasteiger partial charge in [0, 0.05) is 64.4 Å². The molecule has 0 spiro atoms. The number of esters is 1. The molecule has 4 aliphatic carbocycles. The predicted octanol–water partition coefficient (Wildman–Crippen LogP) is 3.37. The fourth-order valence-corrected chi connectivity index (χ4v) is 17.0. The van der Waals surface area contributed by atoms with Crippen molar-refractivity contribution in [1.82, 2.24) is 0 Å². The molecule has 7 N–H and O–H groups in total. The van der Waals surface area contributed by atoms with Crippen LogP contribution < -0.4 is 0 Å². The summed E-state index contributed by atoms with van der Waals surface area (Å²) in [6.45, 7) is 12.3. The third-order valence-electron chi connectivity index (χ3n) is 21.8. The molecule has 86 heavy (non-hydrogen) atoms. The van der Waals surface area contributed by atoms with E-state index in [1.54, 1.807) is 27.2 Å².